The standard InChI is InChI=1S/C16H17Br2NO2/c1-10(12-4-3-5-13(17)8-12)19-9-11-6-14(18)16(20)15(7-11)21-2/h3-8,10,19-20H,9H2,1-2H3/t10-/m0/s1. The van der Waals surface area contributed by atoms with Crippen molar-refractivity contribution in [1.82, 2.24) is 5.32 Å². The predicted octanol–water partition coefficient (Wildman–Crippen LogP) is 4.78. The molecule has 0 fully saturated rings. The summed E-state index contributed by atoms with van der Waals surface area (Å²) in [6, 6.07) is 12.2. The smallest absolute Gasteiger partial charge is 0.172 e. The molecular weight excluding hydrogens is 398 g/mol. The largest absolute Gasteiger partial charge is 0.503 e. The summed E-state index contributed by atoms with van der Waals surface area (Å²) in [5.41, 5.74) is 2.26. The van der Waals surface area contributed by atoms with Crippen LogP contribution in [-0.4, -0.2) is 12.2 Å². The van der Waals surface area contributed by atoms with E-state index in [4.69, 9.17) is 4.74 Å². The van der Waals surface area contributed by atoms with Gasteiger partial charge in [0.2, 0.25) is 0 Å². The van der Waals surface area contributed by atoms with Crippen molar-refractivity contribution in [3.05, 3.63) is 56.5 Å². The molecule has 3 nitrogen and oxygen atoms in total. The van der Waals surface area contributed by atoms with Gasteiger partial charge in [0, 0.05) is 17.1 Å². The van der Waals surface area contributed by atoms with Gasteiger partial charge in [0.05, 0.1) is 11.6 Å². The fraction of sp³-hybridized carbons (Fsp3) is 0.250. The molecule has 0 saturated carbocycles. The van der Waals surface area contributed by atoms with Gasteiger partial charge in [-0.1, -0.05) is 28.1 Å². The van der Waals surface area contributed by atoms with Crippen molar-refractivity contribution in [1.29, 1.82) is 0 Å². The number of hydrogen-bond donors (Lipinski definition) is 2. The minimum atomic E-state index is 0.126. The normalized spacial score (nSPS) is 12.2. The Bertz CT molecular complexity index is 632. The fourth-order valence-electron chi connectivity index (χ4n) is 2.05. The van der Waals surface area contributed by atoms with Gasteiger partial charge in [-0.3, -0.25) is 0 Å². The van der Waals surface area contributed by atoms with Gasteiger partial charge >= 0.3 is 0 Å². The van der Waals surface area contributed by atoms with E-state index in [1.165, 1.54) is 5.56 Å². The van der Waals surface area contributed by atoms with Crippen LogP contribution in [0.4, 0.5) is 0 Å². The van der Waals surface area contributed by atoms with Gasteiger partial charge in [0.15, 0.2) is 11.5 Å². The SMILES string of the molecule is COc1cc(CN[C@@H](C)c2cccc(Br)c2)cc(Br)c1O. The summed E-state index contributed by atoms with van der Waals surface area (Å²) >= 11 is 6.82. The lowest BCUT2D eigenvalue weighted by Gasteiger charge is -2.16. The summed E-state index contributed by atoms with van der Waals surface area (Å²) in [6.07, 6.45) is 0. The summed E-state index contributed by atoms with van der Waals surface area (Å²) < 4.78 is 6.86. The monoisotopic (exact) mass is 413 g/mol. The quantitative estimate of drug-likeness (QED) is 0.739. The highest BCUT2D eigenvalue weighted by Crippen LogP contribution is 2.35. The van der Waals surface area contributed by atoms with Gasteiger partial charge in [0.1, 0.15) is 0 Å². The number of ether oxygens (including phenoxy) is 1. The Hall–Kier alpha value is -1.04. The minimum absolute atomic E-state index is 0.126. The van der Waals surface area contributed by atoms with Crippen molar-refractivity contribution >= 4 is 31.9 Å². The van der Waals surface area contributed by atoms with Crippen LogP contribution in [0.2, 0.25) is 0 Å². The van der Waals surface area contributed by atoms with E-state index in [9.17, 15) is 5.11 Å². The second-order valence-electron chi connectivity index (χ2n) is 4.79. The Morgan fingerprint density at radius 1 is 1.24 bits per heavy atom. The zero-order chi connectivity index (χ0) is 15.4. The third kappa shape index (κ3) is 4.22. The highest BCUT2D eigenvalue weighted by molar-refractivity contribution is 9.10. The molecule has 0 unspecified atom stereocenters. The molecule has 0 amide bonds. The number of nitrogens with one attached hydrogen (secondary N) is 1. The highest BCUT2D eigenvalue weighted by atomic mass is 79.9. The lowest BCUT2D eigenvalue weighted by Crippen LogP contribution is -2.18. The van der Waals surface area contributed by atoms with E-state index in [2.05, 4.69) is 56.2 Å². The first-order valence-electron chi connectivity index (χ1n) is 6.55. The molecule has 0 aliphatic heterocycles. The zero-order valence-electron chi connectivity index (χ0n) is 11.9. The van der Waals surface area contributed by atoms with E-state index in [1.807, 2.05) is 24.3 Å². The summed E-state index contributed by atoms with van der Waals surface area (Å²) in [6.45, 7) is 2.80. The molecule has 21 heavy (non-hydrogen) atoms. The molecule has 0 spiro atoms. The molecule has 0 heterocycles. The van der Waals surface area contributed by atoms with Crippen LogP contribution in [0.5, 0.6) is 11.5 Å². The predicted molar refractivity (Wildman–Crippen MR) is 91.8 cm³/mol. The molecular formula is C16H17Br2NO2. The maximum Gasteiger partial charge on any atom is 0.172 e. The minimum Gasteiger partial charge on any atom is -0.503 e. The van der Waals surface area contributed by atoms with Crippen molar-refractivity contribution in [2.24, 2.45) is 0 Å². The van der Waals surface area contributed by atoms with E-state index >= 15 is 0 Å². The number of phenols is 1. The number of rotatable bonds is 5. The topological polar surface area (TPSA) is 41.5 Å². The van der Waals surface area contributed by atoms with E-state index in [0.717, 1.165) is 10.0 Å². The molecule has 0 aliphatic rings. The molecule has 2 aromatic rings. The lowest BCUT2D eigenvalue weighted by molar-refractivity contribution is 0.371. The molecule has 1 atom stereocenters. The Labute approximate surface area is 141 Å². The van der Waals surface area contributed by atoms with E-state index in [1.54, 1.807) is 7.11 Å². The number of halogens is 2. The molecule has 5 heteroatoms. The Morgan fingerprint density at radius 2 is 2.00 bits per heavy atom. The first-order chi connectivity index (χ1) is 10.0. The summed E-state index contributed by atoms with van der Waals surface area (Å²) in [4.78, 5) is 0. The van der Waals surface area contributed by atoms with Gasteiger partial charge in [-0.15, -0.1) is 0 Å². The van der Waals surface area contributed by atoms with Crippen LogP contribution in [0.1, 0.15) is 24.1 Å². The highest BCUT2D eigenvalue weighted by Gasteiger charge is 2.10. The zero-order valence-corrected chi connectivity index (χ0v) is 15.0. The first-order valence-corrected chi connectivity index (χ1v) is 8.14. The average Bonchev–Trinajstić information content (AvgIpc) is 2.48. The Balaban J connectivity index is 2.08. The van der Waals surface area contributed by atoms with Gasteiger partial charge in [0.25, 0.3) is 0 Å². The van der Waals surface area contributed by atoms with Crippen LogP contribution in [0, 0.1) is 0 Å². The van der Waals surface area contributed by atoms with Crippen molar-refractivity contribution < 1.29 is 9.84 Å². The summed E-state index contributed by atoms with van der Waals surface area (Å²) in [5, 5.41) is 13.3. The van der Waals surface area contributed by atoms with Gasteiger partial charge in [-0.2, -0.15) is 0 Å². The molecule has 2 aromatic carbocycles. The Kier molecular flexibility index (Phi) is 5.67. The number of methoxy groups -OCH3 is 1. The van der Waals surface area contributed by atoms with Crippen LogP contribution in [0.15, 0.2) is 45.3 Å². The molecule has 0 bridgehead atoms. The second-order valence-corrected chi connectivity index (χ2v) is 6.56. The molecule has 0 aliphatic carbocycles. The fourth-order valence-corrected chi connectivity index (χ4v) is 2.96. The molecule has 2 N–H and O–H groups in total. The average molecular weight is 415 g/mol. The van der Waals surface area contributed by atoms with Crippen LogP contribution in [-0.2, 0) is 6.54 Å². The van der Waals surface area contributed by atoms with E-state index in [-0.39, 0.29) is 11.8 Å². The maximum absolute atomic E-state index is 9.81. The van der Waals surface area contributed by atoms with Crippen molar-refractivity contribution in [3.63, 3.8) is 0 Å². The number of phenolic OH excluding ortho intramolecular Hbond substituents is 1. The van der Waals surface area contributed by atoms with Crippen LogP contribution < -0.4 is 10.1 Å². The van der Waals surface area contributed by atoms with Crippen molar-refractivity contribution in [2.45, 2.75) is 19.5 Å². The molecule has 0 aromatic heterocycles. The number of hydrogen-bond acceptors (Lipinski definition) is 3. The van der Waals surface area contributed by atoms with Gasteiger partial charge in [-0.05, 0) is 58.2 Å². The number of aromatic hydroxyl groups is 1. The van der Waals surface area contributed by atoms with E-state index < -0.39 is 0 Å². The van der Waals surface area contributed by atoms with Gasteiger partial charge < -0.3 is 15.2 Å². The van der Waals surface area contributed by atoms with Gasteiger partial charge in [-0.25, -0.2) is 0 Å². The molecule has 2 rings (SSSR count). The van der Waals surface area contributed by atoms with Crippen LogP contribution in [0.25, 0.3) is 0 Å². The summed E-state index contributed by atoms with van der Waals surface area (Å²) in [5.74, 6) is 0.595. The first kappa shape index (κ1) is 16.3. The Morgan fingerprint density at radius 3 is 2.67 bits per heavy atom. The number of benzene rings is 2. The third-order valence-electron chi connectivity index (χ3n) is 3.27. The lowest BCUT2D eigenvalue weighted by atomic mass is 10.1. The molecule has 0 saturated heterocycles. The van der Waals surface area contributed by atoms with Crippen molar-refractivity contribution in [2.75, 3.05) is 7.11 Å². The van der Waals surface area contributed by atoms with Crippen molar-refractivity contribution in [3.8, 4) is 11.5 Å². The third-order valence-corrected chi connectivity index (χ3v) is 4.37. The molecule has 0 radical (unpaired) electrons. The maximum atomic E-state index is 9.81. The van der Waals surface area contributed by atoms with E-state index in [0.29, 0.717) is 16.8 Å². The van der Waals surface area contributed by atoms with Crippen LogP contribution in [0.3, 0.4) is 0 Å². The molecule has 112 valence electrons. The summed E-state index contributed by atoms with van der Waals surface area (Å²) in [7, 11) is 1.54. The second kappa shape index (κ2) is 7.29. The van der Waals surface area contributed by atoms with Crippen LogP contribution >= 0.6 is 31.9 Å².